The minimum absolute atomic E-state index is 0.0271. The summed E-state index contributed by atoms with van der Waals surface area (Å²) in [5.74, 6) is 0. The highest BCUT2D eigenvalue weighted by Gasteiger charge is 2.15. The van der Waals surface area contributed by atoms with E-state index in [-0.39, 0.29) is 10.8 Å². The Hall–Kier alpha value is -1.66. The van der Waals surface area contributed by atoms with Crippen LogP contribution in [0.15, 0.2) is 46.6 Å². The number of hydrogen-bond acceptors (Lipinski definition) is 5. The Morgan fingerprint density at radius 2 is 1.94 bits per heavy atom. The van der Waals surface area contributed by atoms with Gasteiger partial charge in [0.25, 0.3) is 5.69 Å². The molecule has 5 nitrogen and oxygen atoms in total. The van der Waals surface area contributed by atoms with Gasteiger partial charge in [0.05, 0.1) is 9.82 Å². The third kappa shape index (κ3) is 2.72. The average Bonchev–Trinajstić information content (AvgIpc) is 2.32. The predicted octanol–water partition coefficient (Wildman–Crippen LogP) is 3.19. The monoisotopic (exact) mass is 267 g/mol. The van der Waals surface area contributed by atoms with Crippen molar-refractivity contribution in [3.63, 3.8) is 0 Å². The Labute approximate surface area is 106 Å². The molecule has 17 heavy (non-hydrogen) atoms. The van der Waals surface area contributed by atoms with Crippen LogP contribution in [-0.4, -0.2) is 14.9 Å². The lowest BCUT2D eigenvalue weighted by atomic mass is 10.3. The van der Waals surface area contributed by atoms with Crippen molar-refractivity contribution in [2.45, 2.75) is 9.92 Å². The van der Waals surface area contributed by atoms with E-state index in [0.717, 1.165) is 11.8 Å². The number of nitro benzene ring substituents is 1. The van der Waals surface area contributed by atoms with Crippen molar-refractivity contribution >= 4 is 29.1 Å². The van der Waals surface area contributed by atoms with Crippen molar-refractivity contribution < 1.29 is 4.92 Å². The smallest absolute Gasteiger partial charge is 0.258 e. The van der Waals surface area contributed by atoms with E-state index in [2.05, 4.69) is 9.97 Å². The summed E-state index contributed by atoms with van der Waals surface area (Å²) in [5, 5.41) is 11.5. The van der Waals surface area contributed by atoms with Crippen molar-refractivity contribution in [3.8, 4) is 0 Å². The van der Waals surface area contributed by atoms with E-state index in [1.807, 2.05) is 0 Å². The topological polar surface area (TPSA) is 68.9 Å². The molecule has 1 aromatic carbocycles. The van der Waals surface area contributed by atoms with Gasteiger partial charge in [0.15, 0.2) is 5.15 Å². The van der Waals surface area contributed by atoms with Crippen LogP contribution < -0.4 is 0 Å². The fraction of sp³-hybridized carbons (Fsp3) is 0. The molecule has 0 aliphatic carbocycles. The van der Waals surface area contributed by atoms with E-state index in [1.54, 1.807) is 18.2 Å². The minimum Gasteiger partial charge on any atom is -0.258 e. The van der Waals surface area contributed by atoms with Crippen molar-refractivity contribution in [1.82, 2.24) is 9.97 Å². The van der Waals surface area contributed by atoms with Crippen molar-refractivity contribution in [3.05, 3.63) is 51.9 Å². The maximum atomic E-state index is 10.8. The zero-order valence-corrected chi connectivity index (χ0v) is 9.98. The molecule has 0 saturated carbocycles. The molecule has 0 amide bonds. The number of nitro groups is 1. The van der Waals surface area contributed by atoms with Gasteiger partial charge >= 0.3 is 0 Å². The number of halogens is 1. The summed E-state index contributed by atoms with van der Waals surface area (Å²) in [7, 11) is 0. The molecular formula is C10H6ClN3O2S. The lowest BCUT2D eigenvalue weighted by Gasteiger charge is -2.02. The van der Waals surface area contributed by atoms with Crippen LogP contribution in [-0.2, 0) is 0 Å². The summed E-state index contributed by atoms with van der Waals surface area (Å²) < 4.78 is 0. The fourth-order valence-corrected chi connectivity index (χ4v) is 2.25. The van der Waals surface area contributed by atoms with E-state index in [9.17, 15) is 10.1 Å². The molecule has 2 rings (SSSR count). The number of benzene rings is 1. The standard InChI is InChI=1S/C10H6ClN3O2S/c11-9-10(13-6-5-12-9)17-8-4-2-1-3-7(8)14(15)16/h1-6H. The highest BCUT2D eigenvalue weighted by molar-refractivity contribution is 7.99. The van der Waals surface area contributed by atoms with Crippen LogP contribution in [0.1, 0.15) is 0 Å². The molecule has 2 aromatic rings. The highest BCUT2D eigenvalue weighted by atomic mass is 35.5. The third-order valence-electron chi connectivity index (χ3n) is 1.89. The lowest BCUT2D eigenvalue weighted by Crippen LogP contribution is -1.91. The first-order valence-electron chi connectivity index (χ1n) is 4.56. The van der Waals surface area contributed by atoms with Gasteiger partial charge in [-0.05, 0) is 6.07 Å². The number of rotatable bonds is 3. The molecule has 0 atom stereocenters. The largest absolute Gasteiger partial charge is 0.283 e. The number of para-hydroxylation sites is 1. The molecule has 0 unspecified atom stereocenters. The predicted molar refractivity (Wildman–Crippen MR) is 64.3 cm³/mol. The van der Waals surface area contributed by atoms with Crippen molar-refractivity contribution in [1.29, 1.82) is 0 Å². The number of aromatic nitrogens is 2. The maximum absolute atomic E-state index is 10.8. The summed E-state index contributed by atoms with van der Waals surface area (Å²) in [4.78, 5) is 18.8. The van der Waals surface area contributed by atoms with Crippen LogP contribution in [0.5, 0.6) is 0 Å². The first-order valence-corrected chi connectivity index (χ1v) is 5.75. The molecule has 1 heterocycles. The molecule has 0 aliphatic heterocycles. The molecular weight excluding hydrogens is 262 g/mol. The lowest BCUT2D eigenvalue weighted by molar-refractivity contribution is -0.387. The summed E-state index contributed by atoms with van der Waals surface area (Å²) in [6.07, 6.45) is 2.95. The first kappa shape index (κ1) is 11.8. The van der Waals surface area contributed by atoms with Gasteiger partial charge in [-0.25, -0.2) is 9.97 Å². The molecule has 0 saturated heterocycles. The summed E-state index contributed by atoms with van der Waals surface area (Å²) in [6.45, 7) is 0. The van der Waals surface area contributed by atoms with E-state index in [4.69, 9.17) is 11.6 Å². The van der Waals surface area contributed by atoms with Crippen LogP contribution in [0.2, 0.25) is 5.15 Å². The molecule has 1 aromatic heterocycles. The molecule has 0 spiro atoms. The molecule has 0 aliphatic rings. The van der Waals surface area contributed by atoms with E-state index < -0.39 is 4.92 Å². The number of hydrogen-bond donors (Lipinski definition) is 0. The van der Waals surface area contributed by atoms with Gasteiger partial charge in [-0.15, -0.1) is 0 Å². The molecule has 0 radical (unpaired) electrons. The Balaban J connectivity index is 2.37. The summed E-state index contributed by atoms with van der Waals surface area (Å²) in [5.41, 5.74) is 0.0271. The Kier molecular flexibility index (Phi) is 3.55. The van der Waals surface area contributed by atoms with E-state index >= 15 is 0 Å². The molecule has 7 heteroatoms. The van der Waals surface area contributed by atoms with E-state index in [0.29, 0.717) is 9.92 Å². The maximum Gasteiger partial charge on any atom is 0.283 e. The summed E-state index contributed by atoms with van der Waals surface area (Å²) in [6, 6.07) is 6.42. The van der Waals surface area contributed by atoms with Crippen LogP contribution >= 0.6 is 23.4 Å². The Bertz CT molecular complexity index is 565. The third-order valence-corrected chi connectivity index (χ3v) is 3.34. The van der Waals surface area contributed by atoms with Gasteiger partial charge in [-0.2, -0.15) is 0 Å². The molecule has 0 bridgehead atoms. The molecule has 86 valence electrons. The van der Waals surface area contributed by atoms with Crippen molar-refractivity contribution in [2.24, 2.45) is 0 Å². The Morgan fingerprint density at radius 3 is 2.65 bits per heavy atom. The quantitative estimate of drug-likeness (QED) is 0.631. The van der Waals surface area contributed by atoms with Crippen LogP contribution in [0.3, 0.4) is 0 Å². The molecule has 0 fully saturated rings. The minimum atomic E-state index is -0.438. The second-order valence-electron chi connectivity index (χ2n) is 2.98. The zero-order valence-electron chi connectivity index (χ0n) is 8.41. The summed E-state index contributed by atoms with van der Waals surface area (Å²) >= 11 is 6.96. The number of nitrogens with zero attached hydrogens (tertiary/aromatic N) is 3. The van der Waals surface area contributed by atoms with Gasteiger partial charge in [-0.3, -0.25) is 10.1 Å². The average molecular weight is 268 g/mol. The normalized spacial score (nSPS) is 10.2. The van der Waals surface area contributed by atoms with Crippen molar-refractivity contribution in [2.75, 3.05) is 0 Å². The van der Waals surface area contributed by atoms with Gasteiger partial charge in [0.2, 0.25) is 0 Å². The van der Waals surface area contributed by atoms with E-state index in [1.165, 1.54) is 18.5 Å². The second kappa shape index (κ2) is 5.11. The van der Waals surface area contributed by atoms with Gasteiger partial charge in [-0.1, -0.05) is 35.5 Å². The van der Waals surface area contributed by atoms with Gasteiger partial charge in [0.1, 0.15) is 5.03 Å². The van der Waals surface area contributed by atoms with Gasteiger partial charge in [0, 0.05) is 18.5 Å². The first-order chi connectivity index (χ1) is 8.18. The SMILES string of the molecule is O=[N+]([O-])c1ccccc1Sc1nccnc1Cl. The fourth-order valence-electron chi connectivity index (χ4n) is 1.18. The van der Waals surface area contributed by atoms with Crippen LogP contribution in [0, 0.1) is 10.1 Å². The second-order valence-corrected chi connectivity index (χ2v) is 4.37. The Morgan fingerprint density at radius 1 is 1.24 bits per heavy atom. The van der Waals surface area contributed by atoms with Crippen LogP contribution in [0.25, 0.3) is 0 Å². The zero-order chi connectivity index (χ0) is 12.3. The van der Waals surface area contributed by atoms with Gasteiger partial charge < -0.3 is 0 Å². The highest BCUT2D eigenvalue weighted by Crippen LogP contribution is 2.35. The molecule has 0 N–H and O–H groups in total. The van der Waals surface area contributed by atoms with Crippen LogP contribution in [0.4, 0.5) is 5.69 Å².